The summed E-state index contributed by atoms with van der Waals surface area (Å²) in [7, 11) is 0. The number of nitrogens with one attached hydrogen (secondary N) is 1. The second-order valence-electron chi connectivity index (χ2n) is 5.38. The molecular weight excluding hydrogens is 339 g/mol. The van der Waals surface area contributed by atoms with Crippen LogP contribution in [-0.4, -0.2) is 42.3 Å². The summed E-state index contributed by atoms with van der Waals surface area (Å²) in [4.78, 5) is 25.0. The van der Waals surface area contributed by atoms with E-state index >= 15 is 0 Å². The van der Waals surface area contributed by atoms with Gasteiger partial charge in [0, 0.05) is 37.2 Å². The Bertz CT molecular complexity index is 647. The molecule has 9 heteroatoms. The fourth-order valence-corrected chi connectivity index (χ4v) is 2.28. The fraction of sp³-hybridized carbons (Fsp3) is 0.438. The molecule has 1 N–H and O–H groups in total. The molecule has 0 bridgehead atoms. The second kappa shape index (κ2) is 8.00. The quantitative estimate of drug-likeness (QED) is 0.846. The number of benzene rings is 1. The fourth-order valence-electron chi connectivity index (χ4n) is 2.28. The van der Waals surface area contributed by atoms with Crippen LogP contribution in [0.25, 0.3) is 0 Å². The van der Waals surface area contributed by atoms with Crippen molar-refractivity contribution >= 4 is 17.7 Å². The van der Waals surface area contributed by atoms with Gasteiger partial charge in [0.15, 0.2) is 0 Å². The van der Waals surface area contributed by atoms with E-state index in [1.807, 2.05) is 0 Å². The zero-order valence-electron chi connectivity index (χ0n) is 13.6. The molecule has 136 valence electrons. The number of halogens is 3. The minimum absolute atomic E-state index is 0.0845. The molecule has 0 atom stereocenters. The minimum atomic E-state index is -4.44. The standard InChI is InChI=1S/C16H18F3N3O3/c1-2-25-15(24)22-9-7-13(8-10-22)20-21-14(23)11-3-5-12(6-4-11)16(17,18)19/h3-6H,2,7-10H2,1H3,(H,21,23). The summed E-state index contributed by atoms with van der Waals surface area (Å²) >= 11 is 0. The zero-order chi connectivity index (χ0) is 18.4. The van der Waals surface area contributed by atoms with Crippen molar-refractivity contribution in [2.24, 2.45) is 5.10 Å². The molecular formula is C16H18F3N3O3. The van der Waals surface area contributed by atoms with E-state index in [0.29, 0.717) is 38.2 Å². The number of carbonyl (C=O) groups is 2. The molecule has 1 fully saturated rings. The van der Waals surface area contributed by atoms with Crippen molar-refractivity contribution < 1.29 is 27.5 Å². The van der Waals surface area contributed by atoms with Crippen molar-refractivity contribution in [3.63, 3.8) is 0 Å². The van der Waals surface area contributed by atoms with Crippen LogP contribution < -0.4 is 5.43 Å². The highest BCUT2D eigenvalue weighted by Gasteiger charge is 2.30. The van der Waals surface area contributed by atoms with E-state index in [9.17, 15) is 22.8 Å². The number of nitrogens with zero attached hydrogens (tertiary/aromatic N) is 2. The predicted octanol–water partition coefficient (Wildman–Crippen LogP) is 3.04. The molecule has 2 rings (SSSR count). The molecule has 2 amide bonds. The van der Waals surface area contributed by atoms with Crippen LogP contribution in [0.3, 0.4) is 0 Å². The lowest BCUT2D eigenvalue weighted by Crippen LogP contribution is -2.39. The number of rotatable bonds is 3. The highest BCUT2D eigenvalue weighted by molar-refractivity contribution is 5.95. The van der Waals surface area contributed by atoms with Crippen molar-refractivity contribution in [2.75, 3.05) is 19.7 Å². The number of alkyl halides is 3. The lowest BCUT2D eigenvalue weighted by atomic mass is 10.1. The number of hydrazone groups is 1. The summed E-state index contributed by atoms with van der Waals surface area (Å²) in [5.41, 5.74) is 2.30. The van der Waals surface area contributed by atoms with Gasteiger partial charge in [0.1, 0.15) is 0 Å². The number of hydrogen-bond acceptors (Lipinski definition) is 4. The van der Waals surface area contributed by atoms with Gasteiger partial charge >= 0.3 is 12.3 Å². The van der Waals surface area contributed by atoms with E-state index in [0.717, 1.165) is 24.3 Å². The Labute approximate surface area is 142 Å². The second-order valence-corrected chi connectivity index (χ2v) is 5.38. The van der Waals surface area contributed by atoms with E-state index in [2.05, 4.69) is 10.5 Å². The summed E-state index contributed by atoms with van der Waals surface area (Å²) in [6.45, 7) is 2.91. The first kappa shape index (κ1) is 18.8. The summed E-state index contributed by atoms with van der Waals surface area (Å²) < 4.78 is 42.4. The third-order valence-electron chi connectivity index (χ3n) is 3.66. The molecule has 25 heavy (non-hydrogen) atoms. The molecule has 1 aliphatic rings. The van der Waals surface area contributed by atoms with Gasteiger partial charge in [0.05, 0.1) is 12.2 Å². The van der Waals surface area contributed by atoms with Gasteiger partial charge in [-0.25, -0.2) is 10.2 Å². The maximum atomic E-state index is 12.5. The molecule has 0 unspecified atom stereocenters. The highest BCUT2D eigenvalue weighted by Crippen LogP contribution is 2.29. The summed E-state index contributed by atoms with van der Waals surface area (Å²) in [6, 6.07) is 3.89. The van der Waals surface area contributed by atoms with Crippen molar-refractivity contribution in [2.45, 2.75) is 25.9 Å². The van der Waals surface area contributed by atoms with E-state index in [1.54, 1.807) is 11.8 Å². The summed E-state index contributed by atoms with van der Waals surface area (Å²) in [6.07, 6.45) is -3.84. The summed E-state index contributed by atoms with van der Waals surface area (Å²) in [5.74, 6) is -0.589. The molecule has 6 nitrogen and oxygen atoms in total. The molecule has 0 aromatic heterocycles. The molecule has 0 saturated carbocycles. The van der Waals surface area contributed by atoms with Crippen LogP contribution >= 0.6 is 0 Å². The maximum absolute atomic E-state index is 12.5. The van der Waals surface area contributed by atoms with Crippen LogP contribution in [0.5, 0.6) is 0 Å². The lowest BCUT2D eigenvalue weighted by Gasteiger charge is -2.26. The zero-order valence-corrected chi connectivity index (χ0v) is 13.6. The number of piperidine rings is 1. The average molecular weight is 357 g/mol. The molecule has 1 aromatic carbocycles. The maximum Gasteiger partial charge on any atom is 0.416 e. The van der Waals surface area contributed by atoms with Gasteiger partial charge < -0.3 is 9.64 Å². The van der Waals surface area contributed by atoms with Crippen LogP contribution in [0.4, 0.5) is 18.0 Å². The van der Waals surface area contributed by atoms with Gasteiger partial charge in [0.25, 0.3) is 5.91 Å². The molecule has 0 aliphatic carbocycles. The molecule has 1 aromatic rings. The lowest BCUT2D eigenvalue weighted by molar-refractivity contribution is -0.137. The Balaban J connectivity index is 1.88. The Kier molecular flexibility index (Phi) is 6.00. The Morgan fingerprint density at radius 1 is 1.20 bits per heavy atom. The van der Waals surface area contributed by atoms with Gasteiger partial charge in [-0.1, -0.05) is 0 Å². The smallest absolute Gasteiger partial charge is 0.416 e. The molecule has 1 heterocycles. The monoisotopic (exact) mass is 357 g/mol. The van der Waals surface area contributed by atoms with Gasteiger partial charge in [-0.15, -0.1) is 0 Å². The number of likely N-dealkylation sites (tertiary alicyclic amines) is 1. The third-order valence-corrected chi connectivity index (χ3v) is 3.66. The van der Waals surface area contributed by atoms with Crippen LogP contribution in [0.1, 0.15) is 35.7 Å². The minimum Gasteiger partial charge on any atom is -0.450 e. The van der Waals surface area contributed by atoms with Crippen molar-refractivity contribution in [1.29, 1.82) is 0 Å². The number of carbonyl (C=O) groups excluding carboxylic acids is 2. The van der Waals surface area contributed by atoms with Gasteiger partial charge in [0.2, 0.25) is 0 Å². The van der Waals surface area contributed by atoms with Crippen molar-refractivity contribution in [3.8, 4) is 0 Å². The van der Waals surface area contributed by atoms with E-state index in [1.165, 1.54) is 0 Å². The largest absolute Gasteiger partial charge is 0.450 e. The predicted molar refractivity (Wildman–Crippen MR) is 84.2 cm³/mol. The molecule has 0 spiro atoms. The highest BCUT2D eigenvalue weighted by atomic mass is 19.4. The first-order chi connectivity index (χ1) is 11.8. The van der Waals surface area contributed by atoms with Crippen molar-refractivity contribution in [3.05, 3.63) is 35.4 Å². The molecule has 1 saturated heterocycles. The van der Waals surface area contributed by atoms with Gasteiger partial charge in [-0.3, -0.25) is 4.79 Å². The van der Waals surface area contributed by atoms with Crippen LogP contribution in [0.2, 0.25) is 0 Å². The SMILES string of the molecule is CCOC(=O)N1CCC(=NNC(=O)c2ccc(C(F)(F)F)cc2)CC1. The Hall–Kier alpha value is -2.58. The number of ether oxygens (including phenoxy) is 1. The van der Waals surface area contributed by atoms with Gasteiger partial charge in [-0.05, 0) is 31.2 Å². The van der Waals surface area contributed by atoms with Gasteiger partial charge in [-0.2, -0.15) is 18.3 Å². The van der Waals surface area contributed by atoms with E-state index in [-0.39, 0.29) is 11.7 Å². The number of amides is 2. The molecule has 0 radical (unpaired) electrons. The normalized spacial score (nSPS) is 14.9. The van der Waals surface area contributed by atoms with Crippen LogP contribution in [0.15, 0.2) is 29.4 Å². The third kappa shape index (κ3) is 5.20. The first-order valence-electron chi connectivity index (χ1n) is 7.76. The number of hydrogen-bond donors (Lipinski definition) is 1. The van der Waals surface area contributed by atoms with Crippen LogP contribution in [0, 0.1) is 0 Å². The van der Waals surface area contributed by atoms with Crippen LogP contribution in [-0.2, 0) is 10.9 Å². The first-order valence-corrected chi connectivity index (χ1v) is 7.76. The summed E-state index contributed by atoms with van der Waals surface area (Å²) in [5, 5.41) is 3.99. The Morgan fingerprint density at radius 3 is 2.32 bits per heavy atom. The van der Waals surface area contributed by atoms with Crippen molar-refractivity contribution in [1.82, 2.24) is 10.3 Å². The molecule has 1 aliphatic heterocycles. The van der Waals surface area contributed by atoms with E-state index < -0.39 is 17.6 Å². The topological polar surface area (TPSA) is 71.0 Å². The van der Waals surface area contributed by atoms with E-state index in [4.69, 9.17) is 4.74 Å². The Morgan fingerprint density at radius 2 is 1.80 bits per heavy atom. The average Bonchev–Trinajstić information content (AvgIpc) is 2.59.